The topological polar surface area (TPSA) is 73.1 Å². The van der Waals surface area contributed by atoms with E-state index >= 15 is 0 Å². The Hall–Kier alpha value is -1.50. The van der Waals surface area contributed by atoms with Crippen LogP contribution in [-0.2, 0) is 0 Å². The number of ether oxygens (including phenoxy) is 1. The number of benzene rings is 1. The lowest BCUT2D eigenvalue weighted by molar-refractivity contribution is 0.242. The standard InChI is InChI=1S/C12H16N4OS/c1-8(2)17-10-5-3-4-9(6-10)12(14-13)11-7-18-16-15-11/h3-8,12,14H,13H2,1-2H3. The van der Waals surface area contributed by atoms with Crippen molar-refractivity contribution in [3.05, 3.63) is 40.9 Å². The summed E-state index contributed by atoms with van der Waals surface area (Å²) in [5, 5.41) is 5.92. The molecule has 3 N–H and O–H groups in total. The Morgan fingerprint density at radius 1 is 1.39 bits per heavy atom. The molecule has 6 heteroatoms. The van der Waals surface area contributed by atoms with Crippen LogP contribution in [-0.4, -0.2) is 15.7 Å². The van der Waals surface area contributed by atoms with E-state index in [1.807, 2.05) is 43.5 Å². The summed E-state index contributed by atoms with van der Waals surface area (Å²) in [6.07, 6.45) is 0.144. The molecule has 0 aliphatic heterocycles. The van der Waals surface area contributed by atoms with Gasteiger partial charge in [-0.1, -0.05) is 16.6 Å². The van der Waals surface area contributed by atoms with Gasteiger partial charge in [0.2, 0.25) is 0 Å². The van der Waals surface area contributed by atoms with Crippen LogP contribution in [0.4, 0.5) is 0 Å². The van der Waals surface area contributed by atoms with Crippen molar-refractivity contribution in [1.29, 1.82) is 0 Å². The lowest BCUT2D eigenvalue weighted by Crippen LogP contribution is -2.29. The average Bonchev–Trinajstić information content (AvgIpc) is 2.83. The average molecular weight is 264 g/mol. The fourth-order valence-corrected chi connectivity index (χ4v) is 2.17. The molecule has 96 valence electrons. The lowest BCUT2D eigenvalue weighted by atomic mass is 10.1. The van der Waals surface area contributed by atoms with E-state index in [2.05, 4.69) is 15.0 Å². The number of rotatable bonds is 5. The summed E-state index contributed by atoms with van der Waals surface area (Å²) in [5.74, 6) is 6.42. The van der Waals surface area contributed by atoms with Gasteiger partial charge in [0, 0.05) is 5.38 Å². The van der Waals surface area contributed by atoms with Crippen LogP contribution >= 0.6 is 11.5 Å². The summed E-state index contributed by atoms with van der Waals surface area (Å²) >= 11 is 1.30. The molecule has 2 rings (SSSR count). The monoisotopic (exact) mass is 264 g/mol. The first kappa shape index (κ1) is 12.9. The zero-order valence-electron chi connectivity index (χ0n) is 10.3. The van der Waals surface area contributed by atoms with Crippen LogP contribution in [0.2, 0.25) is 0 Å². The number of nitrogens with one attached hydrogen (secondary N) is 1. The SMILES string of the molecule is CC(C)Oc1cccc(C(NN)c2csnn2)c1. The highest BCUT2D eigenvalue weighted by Gasteiger charge is 2.15. The molecule has 5 nitrogen and oxygen atoms in total. The molecule has 1 atom stereocenters. The van der Waals surface area contributed by atoms with E-state index in [-0.39, 0.29) is 12.1 Å². The molecule has 0 aliphatic rings. The van der Waals surface area contributed by atoms with Crippen LogP contribution in [0.15, 0.2) is 29.6 Å². The van der Waals surface area contributed by atoms with Crippen molar-refractivity contribution in [2.45, 2.75) is 26.0 Å². The van der Waals surface area contributed by atoms with E-state index in [0.717, 1.165) is 17.0 Å². The van der Waals surface area contributed by atoms with Crippen molar-refractivity contribution in [1.82, 2.24) is 15.0 Å². The summed E-state index contributed by atoms with van der Waals surface area (Å²) in [7, 11) is 0. The van der Waals surface area contributed by atoms with Gasteiger partial charge in [-0.3, -0.25) is 5.84 Å². The fraction of sp³-hybridized carbons (Fsp3) is 0.333. The molecule has 1 unspecified atom stereocenters. The second-order valence-electron chi connectivity index (χ2n) is 4.17. The summed E-state index contributed by atoms with van der Waals surface area (Å²) in [6, 6.07) is 7.65. The fourth-order valence-electron chi connectivity index (χ4n) is 1.69. The lowest BCUT2D eigenvalue weighted by Gasteiger charge is -2.16. The maximum absolute atomic E-state index is 5.66. The minimum atomic E-state index is -0.167. The summed E-state index contributed by atoms with van der Waals surface area (Å²) in [6.45, 7) is 3.99. The van der Waals surface area contributed by atoms with Crippen molar-refractivity contribution in [2.75, 3.05) is 0 Å². The predicted molar refractivity (Wildman–Crippen MR) is 71.3 cm³/mol. The van der Waals surface area contributed by atoms with Crippen LogP contribution < -0.4 is 16.0 Å². The Kier molecular flexibility index (Phi) is 4.24. The minimum absolute atomic E-state index is 0.144. The molecule has 1 aromatic carbocycles. The number of nitrogens with zero attached hydrogens (tertiary/aromatic N) is 2. The molecular weight excluding hydrogens is 248 g/mol. The maximum atomic E-state index is 5.66. The molecular formula is C12H16N4OS. The Bertz CT molecular complexity index is 487. The molecule has 0 saturated heterocycles. The molecule has 0 radical (unpaired) electrons. The smallest absolute Gasteiger partial charge is 0.120 e. The van der Waals surface area contributed by atoms with Crippen LogP contribution in [0, 0.1) is 0 Å². The van der Waals surface area contributed by atoms with E-state index in [9.17, 15) is 0 Å². The van der Waals surface area contributed by atoms with Crippen LogP contribution in [0.1, 0.15) is 31.1 Å². The number of hydrogen-bond acceptors (Lipinski definition) is 6. The largest absolute Gasteiger partial charge is 0.491 e. The molecule has 0 aliphatic carbocycles. The van der Waals surface area contributed by atoms with Crippen molar-refractivity contribution < 1.29 is 4.74 Å². The van der Waals surface area contributed by atoms with Gasteiger partial charge in [0.1, 0.15) is 5.75 Å². The minimum Gasteiger partial charge on any atom is -0.491 e. The van der Waals surface area contributed by atoms with Gasteiger partial charge in [0.15, 0.2) is 0 Å². The zero-order valence-corrected chi connectivity index (χ0v) is 11.1. The first-order valence-electron chi connectivity index (χ1n) is 5.70. The van der Waals surface area contributed by atoms with Crippen molar-refractivity contribution in [2.24, 2.45) is 5.84 Å². The van der Waals surface area contributed by atoms with Gasteiger partial charge in [0.25, 0.3) is 0 Å². The van der Waals surface area contributed by atoms with Crippen molar-refractivity contribution in [3.8, 4) is 5.75 Å². The highest BCUT2D eigenvalue weighted by atomic mass is 32.1. The third kappa shape index (κ3) is 3.04. The number of nitrogens with two attached hydrogens (primary N) is 1. The van der Waals surface area contributed by atoms with E-state index in [1.165, 1.54) is 11.5 Å². The molecule has 0 spiro atoms. The van der Waals surface area contributed by atoms with Crippen molar-refractivity contribution >= 4 is 11.5 Å². The normalized spacial score (nSPS) is 12.7. The second kappa shape index (κ2) is 5.90. The summed E-state index contributed by atoms with van der Waals surface area (Å²) in [4.78, 5) is 0. The highest BCUT2D eigenvalue weighted by Crippen LogP contribution is 2.24. The summed E-state index contributed by atoms with van der Waals surface area (Å²) in [5.41, 5.74) is 4.56. The van der Waals surface area contributed by atoms with E-state index in [0.29, 0.717) is 0 Å². The van der Waals surface area contributed by atoms with Gasteiger partial charge in [0.05, 0.1) is 17.8 Å². The van der Waals surface area contributed by atoms with E-state index in [4.69, 9.17) is 10.6 Å². The maximum Gasteiger partial charge on any atom is 0.120 e. The Morgan fingerprint density at radius 2 is 2.22 bits per heavy atom. The van der Waals surface area contributed by atoms with Gasteiger partial charge >= 0.3 is 0 Å². The van der Waals surface area contributed by atoms with E-state index < -0.39 is 0 Å². The Morgan fingerprint density at radius 3 is 2.83 bits per heavy atom. The van der Waals surface area contributed by atoms with Crippen molar-refractivity contribution in [3.63, 3.8) is 0 Å². The van der Waals surface area contributed by atoms with Crippen LogP contribution in [0.25, 0.3) is 0 Å². The summed E-state index contributed by atoms with van der Waals surface area (Å²) < 4.78 is 9.52. The van der Waals surface area contributed by atoms with Gasteiger partial charge in [-0.15, -0.1) is 5.10 Å². The van der Waals surface area contributed by atoms with Crippen LogP contribution in [0.5, 0.6) is 5.75 Å². The molecule has 1 aromatic heterocycles. The third-order valence-electron chi connectivity index (χ3n) is 2.40. The Labute approximate surface area is 110 Å². The molecule has 0 saturated carbocycles. The zero-order chi connectivity index (χ0) is 13.0. The molecule has 2 aromatic rings. The number of aromatic nitrogens is 2. The first-order valence-corrected chi connectivity index (χ1v) is 6.54. The number of hydrogen-bond donors (Lipinski definition) is 2. The quantitative estimate of drug-likeness (QED) is 0.637. The molecule has 18 heavy (non-hydrogen) atoms. The number of hydrazine groups is 1. The van der Waals surface area contributed by atoms with Gasteiger partial charge in [-0.25, -0.2) is 5.43 Å². The molecule has 0 fully saturated rings. The first-order chi connectivity index (χ1) is 8.70. The highest BCUT2D eigenvalue weighted by molar-refractivity contribution is 7.03. The third-order valence-corrected chi connectivity index (χ3v) is 2.93. The van der Waals surface area contributed by atoms with Crippen LogP contribution in [0.3, 0.4) is 0 Å². The van der Waals surface area contributed by atoms with Gasteiger partial charge in [-0.2, -0.15) is 0 Å². The second-order valence-corrected chi connectivity index (χ2v) is 4.78. The predicted octanol–water partition coefficient (Wildman–Crippen LogP) is 1.88. The van der Waals surface area contributed by atoms with Gasteiger partial charge in [-0.05, 0) is 43.1 Å². The molecule has 0 bridgehead atoms. The van der Waals surface area contributed by atoms with E-state index in [1.54, 1.807) is 0 Å². The molecule has 1 heterocycles. The Balaban J connectivity index is 2.26. The van der Waals surface area contributed by atoms with Gasteiger partial charge < -0.3 is 4.74 Å². The molecule has 0 amide bonds.